The Morgan fingerprint density at radius 2 is 2.00 bits per heavy atom. The molecule has 2 rings (SSSR count). The van der Waals surface area contributed by atoms with Gasteiger partial charge in [0.05, 0.1) is 12.2 Å². The summed E-state index contributed by atoms with van der Waals surface area (Å²) in [5.41, 5.74) is 1.37. The van der Waals surface area contributed by atoms with Crippen molar-refractivity contribution in [1.29, 1.82) is 0 Å². The molecule has 0 N–H and O–H groups in total. The number of hydrogen-bond donors (Lipinski definition) is 0. The lowest BCUT2D eigenvalue weighted by Gasteiger charge is -2.39. The zero-order valence-electron chi connectivity index (χ0n) is 11.5. The number of rotatable bonds is 5. The second kappa shape index (κ2) is 7.41. The van der Waals surface area contributed by atoms with Crippen LogP contribution in [-0.4, -0.2) is 10.0 Å². The van der Waals surface area contributed by atoms with Crippen LogP contribution in [-0.2, 0) is 11.3 Å². The van der Waals surface area contributed by atoms with Gasteiger partial charge in [-0.05, 0) is 43.2 Å². The average molecular weight is 437 g/mol. The van der Waals surface area contributed by atoms with Gasteiger partial charge in [0.2, 0.25) is 0 Å². The fraction of sp³-hybridized carbons (Fsp3) is 0.625. The van der Waals surface area contributed by atoms with E-state index < -0.39 is 0 Å². The molecule has 0 radical (unpaired) electrons. The van der Waals surface area contributed by atoms with Gasteiger partial charge < -0.3 is 4.74 Å². The third-order valence-corrected chi connectivity index (χ3v) is 6.49. The van der Waals surface area contributed by atoms with Gasteiger partial charge in [0, 0.05) is 8.90 Å². The van der Waals surface area contributed by atoms with Crippen LogP contribution in [0.5, 0.6) is 0 Å². The highest BCUT2D eigenvalue weighted by Gasteiger charge is 2.34. The molecule has 1 aliphatic carbocycles. The Morgan fingerprint density at radius 1 is 1.32 bits per heavy atom. The normalized spacial score (nSPS) is 27.4. The Kier molecular flexibility index (Phi) is 6.15. The van der Waals surface area contributed by atoms with Crippen LogP contribution in [0.25, 0.3) is 0 Å². The molecule has 106 valence electrons. The van der Waals surface area contributed by atoms with E-state index in [2.05, 4.69) is 63.6 Å². The summed E-state index contributed by atoms with van der Waals surface area (Å²) < 4.78 is 8.60. The maximum atomic E-state index is 6.34. The lowest BCUT2D eigenvalue weighted by molar-refractivity contribution is -0.0692. The Bertz CT molecular complexity index is 399. The fourth-order valence-corrected chi connectivity index (χ4v) is 4.16. The molecule has 0 bridgehead atoms. The summed E-state index contributed by atoms with van der Waals surface area (Å²) in [6, 6.07) is 8.36. The maximum absolute atomic E-state index is 6.34. The van der Waals surface area contributed by atoms with Gasteiger partial charge in [-0.15, -0.1) is 0 Å². The molecule has 1 nitrogen and oxygen atoms in total. The van der Waals surface area contributed by atoms with Gasteiger partial charge in [-0.3, -0.25) is 0 Å². The zero-order valence-corrected chi connectivity index (χ0v) is 15.2. The number of halogens is 2. The van der Waals surface area contributed by atoms with E-state index >= 15 is 0 Å². The quantitative estimate of drug-likeness (QED) is 0.422. The summed E-state index contributed by atoms with van der Waals surface area (Å²) >= 11 is 6.09. The van der Waals surface area contributed by atoms with Crippen molar-refractivity contribution in [3.63, 3.8) is 0 Å². The minimum absolute atomic E-state index is 0.113. The van der Waals surface area contributed by atoms with Crippen LogP contribution in [0.15, 0.2) is 28.7 Å². The first-order valence-electron chi connectivity index (χ1n) is 7.12. The van der Waals surface area contributed by atoms with Crippen LogP contribution >= 0.6 is 38.5 Å². The molecule has 1 aliphatic rings. The summed E-state index contributed by atoms with van der Waals surface area (Å²) in [5, 5.41) is 0. The number of hydrogen-bond acceptors (Lipinski definition) is 1. The maximum Gasteiger partial charge on any atom is 0.0776 e. The fourth-order valence-electron chi connectivity index (χ4n) is 2.77. The predicted molar refractivity (Wildman–Crippen MR) is 92.8 cm³/mol. The molecule has 1 saturated carbocycles. The van der Waals surface area contributed by atoms with Crippen LogP contribution in [0.2, 0.25) is 0 Å². The van der Waals surface area contributed by atoms with Gasteiger partial charge in [-0.25, -0.2) is 0 Å². The largest absolute Gasteiger partial charge is 0.369 e. The molecule has 0 aromatic heterocycles. The van der Waals surface area contributed by atoms with Crippen molar-refractivity contribution in [1.82, 2.24) is 0 Å². The monoisotopic (exact) mass is 436 g/mol. The van der Waals surface area contributed by atoms with Gasteiger partial charge in [-0.1, -0.05) is 70.1 Å². The van der Waals surface area contributed by atoms with E-state index in [9.17, 15) is 0 Å². The zero-order chi connectivity index (χ0) is 13.7. The number of alkyl halides is 1. The molecule has 0 saturated heterocycles. The Morgan fingerprint density at radius 3 is 2.58 bits per heavy atom. The van der Waals surface area contributed by atoms with Crippen molar-refractivity contribution >= 4 is 38.5 Å². The Hall–Kier alpha value is 0.390. The highest BCUT2D eigenvalue weighted by Crippen LogP contribution is 2.38. The smallest absolute Gasteiger partial charge is 0.0776 e. The second-order valence-corrected chi connectivity index (χ2v) is 7.17. The first kappa shape index (κ1) is 15.8. The van der Waals surface area contributed by atoms with Gasteiger partial charge in [0.15, 0.2) is 0 Å². The van der Waals surface area contributed by atoms with Gasteiger partial charge in [0.25, 0.3) is 0 Å². The second-order valence-electron chi connectivity index (χ2n) is 5.55. The van der Waals surface area contributed by atoms with Crippen molar-refractivity contribution in [2.24, 2.45) is 5.92 Å². The molecular formula is C16H22BrIO. The van der Waals surface area contributed by atoms with Crippen LogP contribution in [0.1, 0.15) is 44.6 Å². The first-order chi connectivity index (χ1) is 9.19. The van der Waals surface area contributed by atoms with Gasteiger partial charge >= 0.3 is 0 Å². The van der Waals surface area contributed by atoms with E-state index in [1.54, 1.807) is 0 Å². The first-order valence-corrected chi connectivity index (χ1v) is 9.44. The van der Waals surface area contributed by atoms with Crippen molar-refractivity contribution in [2.45, 2.75) is 51.2 Å². The van der Waals surface area contributed by atoms with Crippen molar-refractivity contribution in [3.8, 4) is 0 Å². The van der Waals surface area contributed by atoms with Crippen molar-refractivity contribution in [3.05, 3.63) is 34.3 Å². The minimum atomic E-state index is 0.113. The lowest BCUT2D eigenvalue weighted by atomic mass is 9.79. The van der Waals surface area contributed by atoms with E-state index in [0.717, 1.165) is 21.4 Å². The minimum Gasteiger partial charge on any atom is -0.369 e. The van der Waals surface area contributed by atoms with Crippen molar-refractivity contribution in [2.75, 3.05) is 4.43 Å². The summed E-state index contributed by atoms with van der Waals surface area (Å²) in [6.45, 7) is 3.03. The Labute approximate surface area is 138 Å². The summed E-state index contributed by atoms with van der Waals surface area (Å²) in [5.74, 6) is 0.920. The predicted octanol–water partition coefficient (Wildman–Crippen LogP) is 5.74. The molecule has 1 aromatic rings. The summed E-state index contributed by atoms with van der Waals surface area (Å²) in [4.78, 5) is 0. The molecule has 0 heterocycles. The highest BCUT2D eigenvalue weighted by atomic mass is 127. The molecule has 0 spiro atoms. The number of ether oxygens (including phenoxy) is 1. The van der Waals surface area contributed by atoms with E-state index in [-0.39, 0.29) is 5.60 Å². The van der Waals surface area contributed by atoms with Crippen molar-refractivity contribution < 1.29 is 4.74 Å². The molecule has 1 fully saturated rings. The Balaban J connectivity index is 1.95. The van der Waals surface area contributed by atoms with Gasteiger partial charge in [-0.2, -0.15) is 0 Å². The average Bonchev–Trinajstić information content (AvgIpc) is 2.47. The molecule has 0 unspecified atom stereocenters. The van der Waals surface area contributed by atoms with Gasteiger partial charge in [0.1, 0.15) is 0 Å². The summed E-state index contributed by atoms with van der Waals surface area (Å²) in [6.07, 6.45) is 6.42. The van der Waals surface area contributed by atoms with Crippen LogP contribution in [0.4, 0.5) is 0 Å². The van der Waals surface area contributed by atoms with E-state index in [1.807, 2.05) is 6.07 Å². The lowest BCUT2D eigenvalue weighted by Crippen LogP contribution is -2.38. The van der Waals surface area contributed by atoms with E-state index in [0.29, 0.717) is 0 Å². The molecule has 1 aromatic carbocycles. The third kappa shape index (κ3) is 4.18. The van der Waals surface area contributed by atoms with Crippen LogP contribution in [0.3, 0.4) is 0 Å². The molecule has 3 heteroatoms. The highest BCUT2D eigenvalue weighted by molar-refractivity contribution is 14.1. The van der Waals surface area contributed by atoms with Crippen LogP contribution in [0, 0.1) is 5.92 Å². The standard InChI is InChI=1S/C16H22BrIO/c1-2-13-7-9-16(12-18,10-8-13)19-11-14-5-3-4-6-15(14)17/h3-6,13H,2,7-12H2,1H3. The molecule has 19 heavy (non-hydrogen) atoms. The number of benzene rings is 1. The molecule has 0 aliphatic heterocycles. The summed E-state index contributed by atoms with van der Waals surface area (Å²) in [7, 11) is 0. The van der Waals surface area contributed by atoms with E-state index in [4.69, 9.17) is 4.74 Å². The molecule has 0 atom stereocenters. The van der Waals surface area contributed by atoms with Crippen LogP contribution < -0.4 is 0 Å². The molecule has 0 amide bonds. The van der Waals surface area contributed by atoms with E-state index in [1.165, 1.54) is 37.7 Å². The third-order valence-electron chi connectivity index (χ3n) is 4.33. The SMILES string of the molecule is CCC1CCC(CI)(OCc2ccccc2Br)CC1. The topological polar surface area (TPSA) is 9.23 Å². The molecular weight excluding hydrogens is 415 g/mol.